The van der Waals surface area contributed by atoms with Crippen molar-refractivity contribution >= 4 is 10.0 Å². The molecule has 1 aliphatic heterocycles. The first kappa shape index (κ1) is 15.5. The van der Waals surface area contributed by atoms with Crippen LogP contribution in [0.25, 0.3) is 0 Å². The van der Waals surface area contributed by atoms with Crippen molar-refractivity contribution in [2.45, 2.75) is 50.6 Å². The third kappa shape index (κ3) is 3.21. The Kier molecular flexibility index (Phi) is 5.17. The van der Waals surface area contributed by atoms with Gasteiger partial charge in [-0.15, -0.1) is 0 Å². The SMILES string of the molecule is CCNCCn1cc(S(=O)(=O)N2CCCC2CC)cn1. The van der Waals surface area contributed by atoms with Gasteiger partial charge in [-0.05, 0) is 25.8 Å². The van der Waals surface area contributed by atoms with Crippen LogP contribution in [0.2, 0.25) is 0 Å². The monoisotopic (exact) mass is 300 g/mol. The van der Waals surface area contributed by atoms with E-state index in [4.69, 9.17) is 0 Å². The fourth-order valence-electron chi connectivity index (χ4n) is 2.64. The van der Waals surface area contributed by atoms with Crippen LogP contribution >= 0.6 is 0 Å². The summed E-state index contributed by atoms with van der Waals surface area (Å²) >= 11 is 0. The van der Waals surface area contributed by atoms with Gasteiger partial charge >= 0.3 is 0 Å². The maximum Gasteiger partial charge on any atom is 0.246 e. The van der Waals surface area contributed by atoms with E-state index in [1.54, 1.807) is 15.2 Å². The first-order valence-corrected chi connectivity index (χ1v) is 8.78. The van der Waals surface area contributed by atoms with Crippen LogP contribution in [0.1, 0.15) is 33.1 Å². The summed E-state index contributed by atoms with van der Waals surface area (Å²) < 4.78 is 28.5. The van der Waals surface area contributed by atoms with Crippen LogP contribution in [0, 0.1) is 0 Å². The largest absolute Gasteiger partial charge is 0.315 e. The second kappa shape index (κ2) is 6.69. The Bertz CT molecular complexity index is 526. The number of hydrogen-bond acceptors (Lipinski definition) is 4. The average Bonchev–Trinajstić information content (AvgIpc) is 3.08. The highest BCUT2D eigenvalue weighted by Gasteiger charge is 2.34. The summed E-state index contributed by atoms with van der Waals surface area (Å²) in [7, 11) is -3.38. The lowest BCUT2D eigenvalue weighted by Crippen LogP contribution is -2.34. The highest BCUT2D eigenvalue weighted by molar-refractivity contribution is 7.89. The van der Waals surface area contributed by atoms with Crippen LogP contribution in [0.4, 0.5) is 0 Å². The van der Waals surface area contributed by atoms with Crippen molar-refractivity contribution in [3.8, 4) is 0 Å². The lowest BCUT2D eigenvalue weighted by molar-refractivity contribution is 0.379. The summed E-state index contributed by atoms with van der Waals surface area (Å²) in [6.45, 7) is 7.08. The maximum atomic E-state index is 12.6. The maximum absolute atomic E-state index is 12.6. The molecule has 2 heterocycles. The van der Waals surface area contributed by atoms with Gasteiger partial charge in [0.15, 0.2) is 0 Å². The summed E-state index contributed by atoms with van der Waals surface area (Å²) in [6, 6.07) is 0.144. The number of sulfonamides is 1. The van der Waals surface area contributed by atoms with Crippen LogP contribution in [0.3, 0.4) is 0 Å². The van der Waals surface area contributed by atoms with Gasteiger partial charge in [-0.1, -0.05) is 13.8 Å². The molecule has 20 heavy (non-hydrogen) atoms. The minimum absolute atomic E-state index is 0.144. The zero-order valence-electron chi connectivity index (χ0n) is 12.2. The molecule has 6 nitrogen and oxygen atoms in total. The van der Waals surface area contributed by atoms with Crippen LogP contribution in [-0.2, 0) is 16.6 Å². The molecule has 0 amide bonds. The van der Waals surface area contributed by atoms with Gasteiger partial charge in [0.25, 0.3) is 0 Å². The van der Waals surface area contributed by atoms with Gasteiger partial charge in [0.05, 0.1) is 12.7 Å². The second-order valence-corrected chi connectivity index (χ2v) is 7.00. The van der Waals surface area contributed by atoms with Crippen LogP contribution in [-0.4, -0.2) is 48.2 Å². The highest BCUT2D eigenvalue weighted by Crippen LogP contribution is 2.27. The standard InChI is InChI=1S/C13H24N4O2S/c1-3-12-6-5-8-17(12)20(18,19)13-10-15-16(11-13)9-7-14-4-2/h10-12,14H,3-9H2,1-2H3. The molecule has 114 valence electrons. The predicted octanol–water partition coefficient (Wildman–Crippen LogP) is 1.06. The fraction of sp³-hybridized carbons (Fsp3) is 0.769. The number of nitrogens with zero attached hydrogens (tertiary/aromatic N) is 3. The summed E-state index contributed by atoms with van der Waals surface area (Å²) in [4.78, 5) is 0.314. The van der Waals surface area contributed by atoms with E-state index < -0.39 is 10.0 Å². The summed E-state index contributed by atoms with van der Waals surface area (Å²) in [5.74, 6) is 0. The Labute approximate surface area is 121 Å². The van der Waals surface area contributed by atoms with E-state index in [1.165, 1.54) is 6.20 Å². The number of rotatable bonds is 7. The molecular weight excluding hydrogens is 276 g/mol. The highest BCUT2D eigenvalue weighted by atomic mass is 32.2. The number of likely N-dealkylation sites (N-methyl/N-ethyl adjacent to an activating group) is 1. The lowest BCUT2D eigenvalue weighted by atomic mass is 10.2. The van der Waals surface area contributed by atoms with Gasteiger partial charge in [-0.2, -0.15) is 9.40 Å². The molecule has 0 bridgehead atoms. The molecule has 0 saturated carbocycles. The van der Waals surface area contributed by atoms with Crippen LogP contribution in [0.5, 0.6) is 0 Å². The van der Waals surface area contributed by atoms with Crippen molar-refractivity contribution in [3.63, 3.8) is 0 Å². The van der Waals surface area contributed by atoms with Crippen molar-refractivity contribution in [1.82, 2.24) is 19.4 Å². The molecule has 0 aromatic carbocycles. The molecule has 0 radical (unpaired) electrons. The van der Waals surface area contributed by atoms with Crippen molar-refractivity contribution < 1.29 is 8.42 Å². The first-order chi connectivity index (χ1) is 9.59. The molecule has 0 aliphatic carbocycles. The molecular formula is C13H24N4O2S. The Morgan fingerprint density at radius 1 is 1.45 bits per heavy atom. The van der Waals surface area contributed by atoms with Gasteiger partial charge in [-0.3, -0.25) is 4.68 Å². The number of hydrogen-bond donors (Lipinski definition) is 1. The zero-order chi connectivity index (χ0) is 14.6. The van der Waals surface area contributed by atoms with E-state index in [1.807, 2.05) is 13.8 Å². The van der Waals surface area contributed by atoms with E-state index >= 15 is 0 Å². The molecule has 1 fully saturated rings. The van der Waals surface area contributed by atoms with Crippen molar-refractivity contribution in [3.05, 3.63) is 12.4 Å². The molecule has 1 atom stereocenters. The smallest absolute Gasteiger partial charge is 0.246 e. The molecule has 1 aliphatic rings. The molecule has 1 saturated heterocycles. The van der Waals surface area contributed by atoms with Gasteiger partial charge in [0.1, 0.15) is 4.90 Å². The fourth-order valence-corrected chi connectivity index (χ4v) is 4.36. The molecule has 0 spiro atoms. The summed E-state index contributed by atoms with van der Waals surface area (Å²) in [6.07, 6.45) is 5.88. The average molecular weight is 300 g/mol. The zero-order valence-corrected chi connectivity index (χ0v) is 13.1. The summed E-state index contributed by atoms with van der Waals surface area (Å²) in [5.41, 5.74) is 0. The van der Waals surface area contributed by atoms with Gasteiger partial charge in [0.2, 0.25) is 10.0 Å². The summed E-state index contributed by atoms with van der Waals surface area (Å²) in [5, 5.41) is 7.34. The quantitative estimate of drug-likeness (QED) is 0.765. The second-order valence-electron chi connectivity index (χ2n) is 5.11. The van der Waals surface area contributed by atoms with Gasteiger partial charge in [0, 0.05) is 25.3 Å². The van der Waals surface area contributed by atoms with Crippen molar-refractivity contribution in [1.29, 1.82) is 0 Å². The molecule has 7 heteroatoms. The van der Waals surface area contributed by atoms with Gasteiger partial charge < -0.3 is 5.32 Å². The third-order valence-corrected chi connectivity index (χ3v) is 5.68. The molecule has 1 aromatic heterocycles. The van der Waals surface area contributed by atoms with Crippen LogP contribution < -0.4 is 5.32 Å². The van der Waals surface area contributed by atoms with E-state index in [-0.39, 0.29) is 6.04 Å². The Balaban J connectivity index is 2.09. The van der Waals surface area contributed by atoms with E-state index in [0.29, 0.717) is 18.0 Å². The predicted molar refractivity (Wildman–Crippen MR) is 78.0 cm³/mol. The number of aromatic nitrogens is 2. The minimum Gasteiger partial charge on any atom is -0.315 e. The minimum atomic E-state index is -3.38. The van der Waals surface area contributed by atoms with E-state index in [9.17, 15) is 8.42 Å². The van der Waals surface area contributed by atoms with Crippen molar-refractivity contribution in [2.75, 3.05) is 19.6 Å². The molecule has 1 aromatic rings. The number of nitrogens with one attached hydrogen (secondary N) is 1. The van der Waals surface area contributed by atoms with E-state index in [0.717, 1.165) is 32.4 Å². The Morgan fingerprint density at radius 3 is 2.95 bits per heavy atom. The lowest BCUT2D eigenvalue weighted by Gasteiger charge is -2.21. The first-order valence-electron chi connectivity index (χ1n) is 7.34. The molecule has 1 unspecified atom stereocenters. The van der Waals surface area contributed by atoms with Gasteiger partial charge in [-0.25, -0.2) is 8.42 Å². The Morgan fingerprint density at radius 2 is 2.25 bits per heavy atom. The third-order valence-electron chi connectivity index (χ3n) is 3.78. The normalized spacial score (nSPS) is 20.6. The molecule has 2 rings (SSSR count). The van der Waals surface area contributed by atoms with Crippen molar-refractivity contribution in [2.24, 2.45) is 0 Å². The van der Waals surface area contributed by atoms with E-state index in [2.05, 4.69) is 10.4 Å². The molecule has 1 N–H and O–H groups in total. The van der Waals surface area contributed by atoms with Crippen LogP contribution in [0.15, 0.2) is 17.3 Å². The topological polar surface area (TPSA) is 67.2 Å². The Hall–Kier alpha value is -0.920.